The lowest BCUT2D eigenvalue weighted by Crippen LogP contribution is -2.27. The summed E-state index contributed by atoms with van der Waals surface area (Å²) in [4.78, 5) is 0. The molecule has 4 aliphatic heterocycles. The van der Waals surface area contributed by atoms with E-state index in [1.54, 1.807) is 0 Å². The van der Waals surface area contributed by atoms with Crippen molar-refractivity contribution in [3.8, 4) is 17.2 Å². The first-order chi connectivity index (χ1) is 10.4. The van der Waals surface area contributed by atoms with Crippen molar-refractivity contribution in [3.63, 3.8) is 0 Å². The molecule has 2 atom stereocenters. The number of hydrogen-bond donors (Lipinski definition) is 0. The summed E-state index contributed by atoms with van der Waals surface area (Å²) in [5.74, 6) is 2.93. The fraction of sp³-hybridized carbons (Fsp3) is 0.312. The zero-order valence-electron chi connectivity index (χ0n) is 11.3. The molecule has 106 valence electrons. The van der Waals surface area contributed by atoms with Crippen LogP contribution in [0, 0.1) is 5.92 Å². The molecular weight excluding hydrogens is 286 g/mol. The molecule has 0 spiro atoms. The molecule has 4 heterocycles. The molecule has 0 radical (unpaired) electrons. The van der Waals surface area contributed by atoms with Crippen molar-refractivity contribution in [2.24, 2.45) is 5.92 Å². The average Bonchev–Trinajstić information content (AvgIpc) is 3.09. The largest absolute Gasteiger partial charge is 0.486 e. The van der Waals surface area contributed by atoms with Crippen molar-refractivity contribution in [2.45, 2.75) is 5.25 Å². The van der Waals surface area contributed by atoms with E-state index in [4.69, 9.17) is 14.2 Å². The second-order valence-corrected chi connectivity index (χ2v) is 6.54. The number of nitrogens with zero attached hydrogens (tertiary/aromatic N) is 1. The van der Waals surface area contributed by atoms with Gasteiger partial charge in [0.15, 0.2) is 24.3 Å². The van der Waals surface area contributed by atoms with Gasteiger partial charge in [0.05, 0.1) is 10.8 Å². The Bertz CT molecular complexity index is 722. The molecule has 2 unspecified atom stereocenters. The van der Waals surface area contributed by atoms with E-state index in [1.165, 1.54) is 5.70 Å². The van der Waals surface area contributed by atoms with E-state index in [0.29, 0.717) is 17.8 Å². The Balaban J connectivity index is 1.69. The fourth-order valence-corrected chi connectivity index (χ4v) is 4.21. The quantitative estimate of drug-likeness (QED) is 0.689. The molecule has 0 fully saturated rings. The van der Waals surface area contributed by atoms with Gasteiger partial charge in [0, 0.05) is 18.1 Å². The first kappa shape index (κ1) is 11.7. The molecule has 0 amide bonds. The second-order valence-electron chi connectivity index (χ2n) is 5.45. The van der Waals surface area contributed by atoms with Crippen LogP contribution in [-0.4, -0.2) is 36.0 Å². The van der Waals surface area contributed by atoms with Crippen LogP contribution >= 0.6 is 11.8 Å². The molecule has 5 rings (SSSR count). The lowest BCUT2D eigenvalue weighted by Gasteiger charge is -2.17. The van der Waals surface area contributed by atoms with Gasteiger partial charge in [-0.3, -0.25) is 0 Å². The van der Waals surface area contributed by atoms with Gasteiger partial charge in [-0.25, -0.2) is 0 Å². The summed E-state index contributed by atoms with van der Waals surface area (Å²) < 4.78 is 19.2. The van der Waals surface area contributed by atoms with Gasteiger partial charge in [0.2, 0.25) is 12.5 Å². The standard InChI is InChI=1S/C16H14NO3S/c1-4-21-16-8-17-2-3-18-13-7-15-14(19-9-20-15)6-11(13)12(17)5-10(1)16/h1,4-8,10,16H,2-3,9H2/q+1. The molecule has 1 aromatic carbocycles. The van der Waals surface area contributed by atoms with Gasteiger partial charge in [-0.2, -0.15) is 4.58 Å². The molecule has 0 saturated carbocycles. The summed E-state index contributed by atoms with van der Waals surface area (Å²) in [6.45, 7) is 1.84. The first-order valence-electron chi connectivity index (χ1n) is 7.11. The van der Waals surface area contributed by atoms with Crippen molar-refractivity contribution in [3.05, 3.63) is 35.3 Å². The number of thioether (sulfide) groups is 1. The third-order valence-corrected chi connectivity index (χ3v) is 5.31. The smallest absolute Gasteiger partial charge is 0.231 e. The Morgan fingerprint density at radius 3 is 2.95 bits per heavy atom. The zero-order valence-corrected chi connectivity index (χ0v) is 12.1. The topological polar surface area (TPSA) is 30.7 Å². The van der Waals surface area contributed by atoms with Gasteiger partial charge in [-0.1, -0.05) is 6.08 Å². The van der Waals surface area contributed by atoms with Crippen LogP contribution in [-0.2, 0) is 0 Å². The van der Waals surface area contributed by atoms with Gasteiger partial charge in [0.25, 0.3) is 0 Å². The molecule has 0 bridgehead atoms. The summed E-state index contributed by atoms with van der Waals surface area (Å²) in [5.41, 5.74) is 2.31. The van der Waals surface area contributed by atoms with Crippen molar-refractivity contribution < 1.29 is 18.8 Å². The van der Waals surface area contributed by atoms with Gasteiger partial charge in [-0.15, -0.1) is 11.8 Å². The predicted octanol–water partition coefficient (Wildman–Crippen LogP) is 2.49. The summed E-state index contributed by atoms with van der Waals surface area (Å²) in [5, 5.41) is 2.72. The van der Waals surface area contributed by atoms with Crippen LogP contribution in [0.2, 0.25) is 0 Å². The SMILES string of the molecule is C1=CC2C=C3c4cc5c(cc4OCC[N+]3=CC2S1)OCO5. The Hall–Kier alpha value is -1.88. The maximum Gasteiger partial charge on any atom is 0.231 e. The third kappa shape index (κ3) is 1.73. The van der Waals surface area contributed by atoms with Crippen LogP contribution in [0.15, 0.2) is 29.7 Å². The van der Waals surface area contributed by atoms with Gasteiger partial charge in [0.1, 0.15) is 12.4 Å². The normalized spacial score (nSPS) is 27.8. The van der Waals surface area contributed by atoms with E-state index in [2.05, 4.69) is 28.4 Å². The molecule has 5 heteroatoms. The molecule has 21 heavy (non-hydrogen) atoms. The van der Waals surface area contributed by atoms with Crippen molar-refractivity contribution in [1.82, 2.24) is 0 Å². The Morgan fingerprint density at radius 2 is 2.00 bits per heavy atom. The number of allylic oxidation sites excluding steroid dienone is 2. The molecule has 4 nitrogen and oxygen atoms in total. The summed E-state index contributed by atoms with van der Waals surface area (Å²) in [6, 6.07) is 4.00. The minimum atomic E-state index is 0.289. The summed E-state index contributed by atoms with van der Waals surface area (Å²) in [7, 11) is 0. The van der Waals surface area contributed by atoms with Gasteiger partial charge >= 0.3 is 0 Å². The number of rotatable bonds is 0. The number of benzene rings is 1. The highest BCUT2D eigenvalue weighted by atomic mass is 32.2. The molecule has 0 aliphatic carbocycles. The van der Waals surface area contributed by atoms with E-state index in [1.807, 2.05) is 23.9 Å². The van der Waals surface area contributed by atoms with E-state index < -0.39 is 0 Å². The number of hydrogen-bond acceptors (Lipinski definition) is 4. The van der Waals surface area contributed by atoms with Gasteiger partial charge in [-0.05, 0) is 11.5 Å². The highest BCUT2D eigenvalue weighted by Gasteiger charge is 2.36. The Labute approximate surface area is 126 Å². The first-order valence-corrected chi connectivity index (χ1v) is 8.05. The summed E-state index contributed by atoms with van der Waals surface area (Å²) >= 11 is 1.88. The maximum atomic E-state index is 5.92. The van der Waals surface area contributed by atoms with Crippen LogP contribution in [0.5, 0.6) is 17.2 Å². The highest BCUT2D eigenvalue weighted by Crippen LogP contribution is 2.44. The second kappa shape index (κ2) is 4.31. The van der Waals surface area contributed by atoms with Crippen molar-refractivity contribution >= 4 is 23.7 Å². The van der Waals surface area contributed by atoms with Crippen LogP contribution in [0.3, 0.4) is 0 Å². The molecule has 0 N–H and O–H groups in total. The predicted molar refractivity (Wildman–Crippen MR) is 81.2 cm³/mol. The van der Waals surface area contributed by atoms with Crippen molar-refractivity contribution in [2.75, 3.05) is 19.9 Å². The maximum absolute atomic E-state index is 5.92. The molecular formula is C16H14NO3S+. The Kier molecular flexibility index (Phi) is 2.41. The van der Waals surface area contributed by atoms with Gasteiger partial charge < -0.3 is 14.2 Å². The highest BCUT2D eigenvalue weighted by molar-refractivity contribution is 8.03. The fourth-order valence-electron chi connectivity index (χ4n) is 3.18. The molecule has 1 aromatic rings. The molecule has 4 aliphatic rings. The van der Waals surface area contributed by atoms with Crippen LogP contribution in [0.4, 0.5) is 0 Å². The van der Waals surface area contributed by atoms with E-state index in [-0.39, 0.29) is 6.79 Å². The summed E-state index contributed by atoms with van der Waals surface area (Å²) in [6.07, 6.45) is 6.94. The molecule has 0 aromatic heterocycles. The zero-order chi connectivity index (χ0) is 13.8. The third-order valence-electron chi connectivity index (χ3n) is 4.24. The van der Waals surface area contributed by atoms with E-state index >= 15 is 0 Å². The average molecular weight is 300 g/mol. The van der Waals surface area contributed by atoms with Crippen LogP contribution in [0.25, 0.3) is 5.70 Å². The lowest BCUT2D eigenvalue weighted by molar-refractivity contribution is -0.430. The minimum Gasteiger partial charge on any atom is -0.486 e. The Morgan fingerprint density at radius 1 is 1.10 bits per heavy atom. The van der Waals surface area contributed by atoms with Crippen LogP contribution in [0.1, 0.15) is 5.56 Å². The number of fused-ring (bicyclic) bond motifs is 5. The molecule has 0 saturated heterocycles. The lowest BCUT2D eigenvalue weighted by atomic mass is 9.98. The van der Waals surface area contributed by atoms with Crippen molar-refractivity contribution in [1.29, 1.82) is 0 Å². The number of ether oxygens (including phenoxy) is 3. The van der Waals surface area contributed by atoms with Crippen LogP contribution < -0.4 is 14.2 Å². The van der Waals surface area contributed by atoms with E-state index in [9.17, 15) is 0 Å². The van der Waals surface area contributed by atoms with E-state index in [0.717, 1.165) is 29.4 Å². The minimum absolute atomic E-state index is 0.289. The monoisotopic (exact) mass is 300 g/mol.